The highest BCUT2D eigenvalue weighted by Gasteiger charge is 2.55. The van der Waals surface area contributed by atoms with Crippen LogP contribution in [0.15, 0.2) is 4.99 Å². The Labute approximate surface area is 102 Å². The van der Waals surface area contributed by atoms with Crippen LogP contribution in [0.25, 0.3) is 0 Å². The van der Waals surface area contributed by atoms with Crippen molar-refractivity contribution in [1.82, 2.24) is 0 Å². The van der Waals surface area contributed by atoms with Gasteiger partial charge in [-0.3, -0.25) is 0 Å². The van der Waals surface area contributed by atoms with Gasteiger partial charge >= 0.3 is 0 Å². The summed E-state index contributed by atoms with van der Waals surface area (Å²) in [5.74, 6) is 3.80. The van der Waals surface area contributed by atoms with E-state index in [2.05, 4.69) is 4.99 Å². The molecule has 3 heteroatoms. The maximum absolute atomic E-state index is 9.18. The minimum atomic E-state index is 0.0120. The van der Waals surface area contributed by atoms with Crippen LogP contribution in [0.2, 0.25) is 0 Å². The molecule has 0 spiro atoms. The Morgan fingerprint density at radius 3 is 2.18 bits per heavy atom. The van der Waals surface area contributed by atoms with E-state index in [0.717, 1.165) is 23.7 Å². The van der Waals surface area contributed by atoms with Crippen molar-refractivity contribution in [2.45, 2.75) is 44.6 Å². The first kappa shape index (κ1) is 10.4. The molecule has 4 fully saturated rings. The molecule has 0 aromatic rings. The summed E-state index contributed by atoms with van der Waals surface area (Å²) in [6, 6.07) is 0.0120. The smallest absolute Gasteiger partial charge is 0.190 e. The van der Waals surface area contributed by atoms with Gasteiger partial charge in [-0.15, -0.1) is 0 Å². The Bertz CT molecular complexity index is 328. The molecule has 4 bridgehead atoms. The number of ether oxygens (including phenoxy) is 1. The summed E-state index contributed by atoms with van der Waals surface area (Å²) in [7, 11) is 0. The lowest BCUT2D eigenvalue weighted by Gasteiger charge is -2.56. The van der Waals surface area contributed by atoms with E-state index in [1.165, 1.54) is 38.5 Å². The molecule has 4 saturated carbocycles. The average molecular weight is 235 g/mol. The molecule has 0 radical (unpaired) electrons. The van der Waals surface area contributed by atoms with Crippen LogP contribution in [0.1, 0.15) is 38.5 Å². The number of rotatable bonds is 2. The van der Waals surface area contributed by atoms with E-state index in [0.29, 0.717) is 6.61 Å². The van der Waals surface area contributed by atoms with E-state index in [1.807, 2.05) is 0 Å². The number of hydrogen-bond donors (Lipinski definition) is 1. The molecule has 0 unspecified atom stereocenters. The van der Waals surface area contributed by atoms with E-state index in [-0.39, 0.29) is 18.1 Å². The van der Waals surface area contributed by atoms with Crippen molar-refractivity contribution >= 4 is 5.90 Å². The van der Waals surface area contributed by atoms with Crippen molar-refractivity contribution in [2.75, 3.05) is 13.2 Å². The van der Waals surface area contributed by atoms with Gasteiger partial charge in [-0.25, -0.2) is 4.99 Å². The zero-order chi connectivity index (χ0) is 11.5. The highest BCUT2D eigenvalue weighted by atomic mass is 16.5. The second-order valence-corrected chi connectivity index (χ2v) is 6.78. The maximum atomic E-state index is 9.18. The normalized spacial score (nSPS) is 51.5. The topological polar surface area (TPSA) is 41.8 Å². The lowest BCUT2D eigenvalue weighted by molar-refractivity contribution is -0.0227. The number of aliphatic imine (C=N–C) groups is 1. The van der Waals surface area contributed by atoms with E-state index in [4.69, 9.17) is 4.74 Å². The number of hydrogen-bond acceptors (Lipinski definition) is 3. The Morgan fingerprint density at radius 1 is 1.12 bits per heavy atom. The quantitative estimate of drug-likeness (QED) is 0.795. The molecule has 94 valence electrons. The van der Waals surface area contributed by atoms with Crippen LogP contribution in [0.5, 0.6) is 0 Å². The molecular weight excluding hydrogens is 214 g/mol. The van der Waals surface area contributed by atoms with Crippen LogP contribution in [-0.2, 0) is 4.74 Å². The summed E-state index contributed by atoms with van der Waals surface area (Å²) >= 11 is 0. The summed E-state index contributed by atoms with van der Waals surface area (Å²) in [4.78, 5) is 4.64. The molecule has 0 saturated heterocycles. The molecule has 0 amide bonds. The first-order chi connectivity index (χ1) is 8.27. The van der Waals surface area contributed by atoms with Crippen LogP contribution in [0.4, 0.5) is 0 Å². The van der Waals surface area contributed by atoms with E-state index in [9.17, 15) is 5.11 Å². The molecule has 1 heterocycles. The number of aliphatic hydroxyl groups excluding tert-OH is 1. The van der Waals surface area contributed by atoms with Gasteiger partial charge in [-0.05, 0) is 56.3 Å². The fourth-order valence-corrected chi connectivity index (χ4v) is 5.17. The first-order valence-electron chi connectivity index (χ1n) is 7.09. The van der Waals surface area contributed by atoms with Crippen molar-refractivity contribution < 1.29 is 9.84 Å². The molecular formula is C14H21NO2. The largest absolute Gasteiger partial charge is 0.478 e. The summed E-state index contributed by atoms with van der Waals surface area (Å²) in [5.41, 5.74) is 0.276. The van der Waals surface area contributed by atoms with Crippen LogP contribution in [0, 0.1) is 23.2 Å². The third-order valence-electron chi connectivity index (χ3n) is 5.41. The zero-order valence-corrected chi connectivity index (χ0v) is 10.3. The number of aliphatic hydroxyl groups is 1. The van der Waals surface area contributed by atoms with Gasteiger partial charge in [0.2, 0.25) is 0 Å². The third kappa shape index (κ3) is 1.48. The van der Waals surface area contributed by atoms with Gasteiger partial charge in [0.25, 0.3) is 0 Å². The van der Waals surface area contributed by atoms with Crippen LogP contribution in [-0.4, -0.2) is 30.3 Å². The Hall–Kier alpha value is -0.570. The van der Waals surface area contributed by atoms with Crippen molar-refractivity contribution in [3.8, 4) is 0 Å². The Balaban J connectivity index is 1.64. The summed E-state index contributed by atoms with van der Waals surface area (Å²) in [6.45, 7) is 0.740. The fourth-order valence-electron chi connectivity index (χ4n) is 5.17. The number of nitrogens with zero attached hydrogens (tertiary/aromatic N) is 1. The van der Waals surface area contributed by atoms with Crippen molar-refractivity contribution in [2.24, 2.45) is 28.2 Å². The average Bonchev–Trinajstić information content (AvgIpc) is 2.76. The van der Waals surface area contributed by atoms with Gasteiger partial charge in [0.1, 0.15) is 12.6 Å². The van der Waals surface area contributed by atoms with E-state index >= 15 is 0 Å². The molecule has 17 heavy (non-hydrogen) atoms. The molecule has 0 aromatic heterocycles. The minimum absolute atomic E-state index is 0.0120. The zero-order valence-electron chi connectivity index (χ0n) is 10.3. The van der Waals surface area contributed by atoms with Crippen molar-refractivity contribution in [1.29, 1.82) is 0 Å². The van der Waals surface area contributed by atoms with Crippen LogP contribution in [0.3, 0.4) is 0 Å². The minimum Gasteiger partial charge on any atom is -0.478 e. The maximum Gasteiger partial charge on any atom is 0.190 e. The summed E-state index contributed by atoms with van der Waals surface area (Å²) in [5, 5.41) is 9.18. The second-order valence-electron chi connectivity index (χ2n) is 6.78. The molecule has 1 atom stereocenters. The first-order valence-corrected chi connectivity index (χ1v) is 7.09. The van der Waals surface area contributed by atoms with Gasteiger partial charge in [-0.2, -0.15) is 0 Å². The van der Waals surface area contributed by atoms with Gasteiger partial charge in [-0.1, -0.05) is 0 Å². The molecule has 1 aliphatic heterocycles. The van der Waals surface area contributed by atoms with Crippen LogP contribution >= 0.6 is 0 Å². The predicted molar refractivity (Wildman–Crippen MR) is 64.9 cm³/mol. The SMILES string of the molecule is OC[C@@H]1COC(C23CC4CC(CC(C4)C2)C3)=N1. The highest BCUT2D eigenvalue weighted by Crippen LogP contribution is 2.60. The highest BCUT2D eigenvalue weighted by molar-refractivity contribution is 5.84. The molecule has 5 aliphatic rings. The Kier molecular flexibility index (Phi) is 2.11. The van der Waals surface area contributed by atoms with Crippen molar-refractivity contribution in [3.63, 3.8) is 0 Å². The van der Waals surface area contributed by atoms with Gasteiger partial charge in [0.05, 0.1) is 6.61 Å². The molecule has 3 nitrogen and oxygen atoms in total. The van der Waals surface area contributed by atoms with Gasteiger partial charge in [0.15, 0.2) is 5.90 Å². The van der Waals surface area contributed by atoms with Crippen LogP contribution < -0.4 is 0 Å². The fraction of sp³-hybridized carbons (Fsp3) is 0.929. The second kappa shape index (κ2) is 3.47. The van der Waals surface area contributed by atoms with Crippen molar-refractivity contribution in [3.05, 3.63) is 0 Å². The summed E-state index contributed by atoms with van der Waals surface area (Å²) in [6.07, 6.45) is 8.27. The molecule has 1 N–H and O–H groups in total. The van der Waals surface area contributed by atoms with Gasteiger partial charge < -0.3 is 9.84 Å². The predicted octanol–water partition coefficient (Wildman–Crippen LogP) is 1.99. The molecule has 4 aliphatic carbocycles. The lowest BCUT2D eigenvalue weighted by atomic mass is 9.49. The monoisotopic (exact) mass is 235 g/mol. The standard InChI is InChI=1S/C14H21NO2/c16-7-12-8-17-13(15-12)14-4-9-1-10(5-14)3-11(2-9)6-14/h9-12,16H,1-8H2/t9?,10?,11?,12-,14?/m1/s1. The third-order valence-corrected chi connectivity index (χ3v) is 5.41. The lowest BCUT2D eigenvalue weighted by Crippen LogP contribution is -2.50. The van der Waals surface area contributed by atoms with E-state index < -0.39 is 0 Å². The molecule has 0 aromatic carbocycles. The van der Waals surface area contributed by atoms with Gasteiger partial charge in [0, 0.05) is 5.41 Å². The Morgan fingerprint density at radius 2 is 1.71 bits per heavy atom. The molecule has 5 rings (SSSR count). The van der Waals surface area contributed by atoms with E-state index in [1.54, 1.807) is 0 Å². The summed E-state index contributed by atoms with van der Waals surface area (Å²) < 4.78 is 5.83.